The molecular weight excluding hydrogens is 332 g/mol. The summed E-state index contributed by atoms with van der Waals surface area (Å²) in [5.74, 6) is 1.78. The summed E-state index contributed by atoms with van der Waals surface area (Å²) in [7, 11) is 0. The lowest BCUT2D eigenvalue weighted by Gasteiger charge is -2.09. The topological polar surface area (TPSA) is 48.2 Å². The molecule has 3 aromatic rings. The summed E-state index contributed by atoms with van der Waals surface area (Å²) in [6.07, 6.45) is -0.302. The van der Waals surface area contributed by atoms with Gasteiger partial charge in [0.05, 0.1) is 0 Å². The zero-order valence-electron chi connectivity index (χ0n) is 11.4. The second-order valence-electron chi connectivity index (χ2n) is 4.54. The molecule has 0 spiro atoms. The predicted octanol–water partition coefficient (Wildman–Crippen LogP) is 4.64. The number of para-hydroxylation sites is 1. The molecule has 0 aliphatic carbocycles. The van der Waals surface area contributed by atoms with Gasteiger partial charge in [0.15, 0.2) is 6.10 Å². The molecular formula is C16H13BrN2O2. The minimum absolute atomic E-state index is 0.302. The largest absolute Gasteiger partial charge is 0.481 e. The van der Waals surface area contributed by atoms with Gasteiger partial charge in [-0.2, -0.15) is 4.98 Å². The Morgan fingerprint density at radius 2 is 1.76 bits per heavy atom. The quantitative estimate of drug-likeness (QED) is 0.691. The number of hydrogen-bond acceptors (Lipinski definition) is 4. The Labute approximate surface area is 130 Å². The van der Waals surface area contributed by atoms with Crippen LogP contribution in [0.3, 0.4) is 0 Å². The zero-order chi connectivity index (χ0) is 14.7. The van der Waals surface area contributed by atoms with Crippen LogP contribution in [-0.4, -0.2) is 10.1 Å². The second kappa shape index (κ2) is 6.10. The van der Waals surface area contributed by atoms with Gasteiger partial charge in [-0.05, 0) is 43.3 Å². The highest BCUT2D eigenvalue weighted by atomic mass is 79.9. The van der Waals surface area contributed by atoms with Crippen molar-refractivity contribution in [2.24, 2.45) is 0 Å². The number of halogens is 1. The number of nitrogens with zero attached hydrogens (tertiary/aromatic N) is 2. The minimum Gasteiger partial charge on any atom is -0.481 e. The lowest BCUT2D eigenvalue weighted by molar-refractivity contribution is 0.176. The maximum Gasteiger partial charge on any atom is 0.267 e. The van der Waals surface area contributed by atoms with Crippen LogP contribution in [0.25, 0.3) is 11.4 Å². The molecule has 0 aliphatic rings. The van der Waals surface area contributed by atoms with Crippen LogP contribution in [0.2, 0.25) is 0 Å². The molecule has 0 N–H and O–H groups in total. The first-order chi connectivity index (χ1) is 10.2. The fraction of sp³-hybridized carbons (Fsp3) is 0.125. The van der Waals surface area contributed by atoms with E-state index in [0.717, 1.165) is 15.8 Å². The fourth-order valence-electron chi connectivity index (χ4n) is 1.87. The van der Waals surface area contributed by atoms with Gasteiger partial charge in [-0.15, -0.1) is 0 Å². The van der Waals surface area contributed by atoms with E-state index in [-0.39, 0.29) is 6.10 Å². The molecule has 2 aromatic carbocycles. The number of benzene rings is 2. The summed E-state index contributed by atoms with van der Waals surface area (Å²) in [4.78, 5) is 4.39. The molecule has 0 saturated heterocycles. The van der Waals surface area contributed by atoms with Crippen molar-refractivity contribution in [3.63, 3.8) is 0 Å². The summed E-state index contributed by atoms with van der Waals surface area (Å²) in [6, 6.07) is 17.3. The Balaban J connectivity index is 1.76. The minimum atomic E-state index is -0.302. The lowest BCUT2D eigenvalue weighted by atomic mass is 10.2. The van der Waals surface area contributed by atoms with Crippen molar-refractivity contribution in [1.82, 2.24) is 10.1 Å². The van der Waals surface area contributed by atoms with Crippen LogP contribution in [0, 0.1) is 0 Å². The number of aromatic nitrogens is 2. The van der Waals surface area contributed by atoms with Crippen molar-refractivity contribution in [3.05, 3.63) is 65.0 Å². The molecule has 4 nitrogen and oxygen atoms in total. The fourth-order valence-corrected chi connectivity index (χ4v) is 2.13. The van der Waals surface area contributed by atoms with Gasteiger partial charge < -0.3 is 9.26 Å². The Bertz CT molecular complexity index is 711. The van der Waals surface area contributed by atoms with E-state index in [4.69, 9.17) is 9.26 Å². The van der Waals surface area contributed by atoms with Crippen molar-refractivity contribution in [2.45, 2.75) is 13.0 Å². The maximum absolute atomic E-state index is 5.76. The molecule has 21 heavy (non-hydrogen) atoms. The van der Waals surface area contributed by atoms with E-state index in [0.29, 0.717) is 11.7 Å². The van der Waals surface area contributed by atoms with Gasteiger partial charge in [0.2, 0.25) is 5.82 Å². The SMILES string of the molecule is C[C@H](Oc1ccccc1)c1nc(-c2ccc(Br)cc2)no1. The third kappa shape index (κ3) is 3.31. The maximum atomic E-state index is 5.76. The van der Waals surface area contributed by atoms with Crippen LogP contribution in [-0.2, 0) is 0 Å². The van der Waals surface area contributed by atoms with Crippen molar-refractivity contribution in [2.75, 3.05) is 0 Å². The van der Waals surface area contributed by atoms with E-state index < -0.39 is 0 Å². The van der Waals surface area contributed by atoms with Crippen LogP contribution < -0.4 is 4.74 Å². The van der Waals surface area contributed by atoms with Crippen LogP contribution >= 0.6 is 15.9 Å². The number of hydrogen-bond donors (Lipinski definition) is 0. The zero-order valence-corrected chi connectivity index (χ0v) is 12.9. The standard InChI is InChI=1S/C16H13BrN2O2/c1-11(20-14-5-3-2-4-6-14)16-18-15(19-21-16)12-7-9-13(17)10-8-12/h2-11H,1H3/t11-/m0/s1. The first-order valence-corrected chi connectivity index (χ1v) is 7.33. The predicted molar refractivity (Wildman–Crippen MR) is 82.9 cm³/mol. The highest BCUT2D eigenvalue weighted by Crippen LogP contribution is 2.23. The molecule has 106 valence electrons. The first kappa shape index (κ1) is 13.8. The average Bonchev–Trinajstić information content (AvgIpc) is 2.99. The van der Waals surface area contributed by atoms with Gasteiger partial charge in [0, 0.05) is 10.0 Å². The molecule has 0 aliphatic heterocycles. The molecule has 1 heterocycles. The third-order valence-corrected chi connectivity index (χ3v) is 3.48. The Kier molecular flexibility index (Phi) is 4.01. The molecule has 1 aromatic heterocycles. The highest BCUT2D eigenvalue weighted by molar-refractivity contribution is 9.10. The van der Waals surface area contributed by atoms with E-state index in [1.54, 1.807) is 0 Å². The van der Waals surface area contributed by atoms with E-state index in [9.17, 15) is 0 Å². The van der Waals surface area contributed by atoms with Crippen LogP contribution in [0.1, 0.15) is 18.9 Å². The number of ether oxygens (including phenoxy) is 1. The molecule has 0 saturated carbocycles. The van der Waals surface area contributed by atoms with Crippen molar-refractivity contribution >= 4 is 15.9 Å². The third-order valence-electron chi connectivity index (χ3n) is 2.95. The monoisotopic (exact) mass is 344 g/mol. The number of rotatable bonds is 4. The summed E-state index contributed by atoms with van der Waals surface area (Å²) >= 11 is 3.40. The molecule has 0 radical (unpaired) electrons. The van der Waals surface area contributed by atoms with Crippen molar-refractivity contribution in [3.8, 4) is 17.1 Å². The van der Waals surface area contributed by atoms with E-state index in [1.807, 2.05) is 61.5 Å². The van der Waals surface area contributed by atoms with Crippen molar-refractivity contribution in [1.29, 1.82) is 0 Å². The van der Waals surface area contributed by atoms with Gasteiger partial charge in [0.25, 0.3) is 5.89 Å². The van der Waals surface area contributed by atoms with Gasteiger partial charge in [-0.1, -0.05) is 39.3 Å². The summed E-state index contributed by atoms with van der Waals surface area (Å²) in [5.41, 5.74) is 0.903. The molecule has 0 unspecified atom stereocenters. The molecule has 0 bridgehead atoms. The van der Waals surface area contributed by atoms with Gasteiger partial charge in [-0.25, -0.2) is 0 Å². The van der Waals surface area contributed by atoms with E-state index in [2.05, 4.69) is 26.1 Å². The normalized spacial score (nSPS) is 12.1. The summed E-state index contributed by atoms with van der Waals surface area (Å²) in [5, 5.41) is 4.00. The van der Waals surface area contributed by atoms with E-state index in [1.165, 1.54) is 0 Å². The molecule has 1 atom stereocenters. The Morgan fingerprint density at radius 3 is 2.48 bits per heavy atom. The molecule has 3 rings (SSSR count). The average molecular weight is 345 g/mol. The summed E-state index contributed by atoms with van der Waals surface area (Å²) < 4.78 is 12.1. The lowest BCUT2D eigenvalue weighted by Crippen LogP contribution is -2.03. The van der Waals surface area contributed by atoms with E-state index >= 15 is 0 Å². The van der Waals surface area contributed by atoms with Crippen molar-refractivity contribution < 1.29 is 9.26 Å². The Hall–Kier alpha value is -2.14. The van der Waals surface area contributed by atoms with Crippen LogP contribution in [0.15, 0.2) is 63.6 Å². The molecule has 5 heteroatoms. The summed E-state index contributed by atoms with van der Waals surface area (Å²) in [6.45, 7) is 1.88. The van der Waals surface area contributed by atoms with Gasteiger partial charge >= 0.3 is 0 Å². The van der Waals surface area contributed by atoms with Crippen LogP contribution in [0.4, 0.5) is 0 Å². The molecule has 0 amide bonds. The second-order valence-corrected chi connectivity index (χ2v) is 5.45. The molecule has 0 fully saturated rings. The first-order valence-electron chi connectivity index (χ1n) is 6.53. The van der Waals surface area contributed by atoms with Gasteiger partial charge in [-0.3, -0.25) is 0 Å². The highest BCUT2D eigenvalue weighted by Gasteiger charge is 2.16. The van der Waals surface area contributed by atoms with Gasteiger partial charge in [0.1, 0.15) is 5.75 Å². The Morgan fingerprint density at radius 1 is 1.05 bits per heavy atom. The smallest absolute Gasteiger partial charge is 0.267 e. The van der Waals surface area contributed by atoms with Crippen LogP contribution in [0.5, 0.6) is 5.75 Å².